The third-order valence-corrected chi connectivity index (χ3v) is 16.3. The Labute approximate surface area is 442 Å². The molecule has 4 heterocycles. The Hall–Kier alpha value is -9.38. The summed E-state index contributed by atoms with van der Waals surface area (Å²) in [4.78, 5) is 4.90. The number of fused-ring (bicyclic) bond motifs is 12. The van der Waals surface area contributed by atoms with Crippen LogP contribution in [0, 0.1) is 41.5 Å². The van der Waals surface area contributed by atoms with Crippen LogP contribution in [-0.4, -0.2) is 8.80 Å². The van der Waals surface area contributed by atoms with Gasteiger partial charge in [0.2, 0.25) is 0 Å². The second kappa shape index (κ2) is 16.6. The number of benzene rings is 11. The highest BCUT2D eigenvalue weighted by atomic mass is 15.2. The quantitative estimate of drug-likeness (QED) is 0.151. The Bertz CT molecular complexity index is 4480. The fourth-order valence-corrected chi connectivity index (χ4v) is 13.4. The molecule has 362 valence electrons. The molecule has 0 aliphatic heterocycles. The van der Waals surface area contributed by atoms with Gasteiger partial charge >= 0.3 is 0 Å². The first kappa shape index (κ1) is 44.1. The Morgan fingerprint density at radius 2 is 0.645 bits per heavy atom. The minimum absolute atomic E-state index is 1.14. The molecule has 4 heteroatoms. The molecule has 11 aromatic carbocycles. The molecule has 0 saturated heterocycles. The van der Waals surface area contributed by atoms with Crippen molar-refractivity contribution in [3.63, 3.8) is 0 Å². The number of nitrogens with zero attached hydrogens (tertiary/aromatic N) is 4. The number of aromatic nitrogens is 2. The lowest BCUT2D eigenvalue weighted by molar-refractivity contribution is 1.23. The Balaban J connectivity index is 1.08. The molecule has 0 radical (unpaired) electrons. The van der Waals surface area contributed by atoms with E-state index in [0.29, 0.717) is 0 Å². The molecule has 0 fully saturated rings. The van der Waals surface area contributed by atoms with Gasteiger partial charge in [-0.25, -0.2) is 0 Å². The molecule has 15 aromatic rings. The lowest BCUT2D eigenvalue weighted by Gasteiger charge is -2.28. The Morgan fingerprint density at radius 1 is 0.276 bits per heavy atom. The first-order valence-electron chi connectivity index (χ1n) is 26.6. The molecule has 0 aliphatic rings. The standard InChI is InChI=1S/C72H54N4/c1-43-35-44(2)38-53(37-43)73(61-29-15-13-19-47(61)5)51-31-33-63-59(41-51)55-25-17-27-57-67-66(50-23-11-8-12-24-50)72-68(65(49-21-9-7-10-22-49)71(67)75(63)69(55)57)58-28-18-26-56-60-42-52(32-34-64(60)76(72)70(56)58)74(62-30-16-14-20-48(62)6)54-39-45(3)36-46(4)40-54/h7-42H,1-6H3. The number of aryl methyl sites for hydroxylation is 6. The largest absolute Gasteiger partial charge is 0.310 e. The molecule has 0 unspecified atom stereocenters. The summed E-state index contributed by atoms with van der Waals surface area (Å²) in [6, 6.07) is 82.0. The van der Waals surface area contributed by atoms with E-state index in [1.54, 1.807) is 0 Å². The molecule has 0 spiro atoms. The van der Waals surface area contributed by atoms with E-state index in [1.807, 2.05) is 0 Å². The van der Waals surface area contributed by atoms with Gasteiger partial charge in [-0.2, -0.15) is 0 Å². The van der Waals surface area contributed by atoms with Crippen molar-refractivity contribution in [3.05, 3.63) is 252 Å². The van der Waals surface area contributed by atoms with Crippen molar-refractivity contribution in [2.75, 3.05) is 9.80 Å². The third kappa shape index (κ3) is 6.37. The fraction of sp³-hybridized carbons (Fsp3) is 0.0833. The van der Waals surface area contributed by atoms with E-state index in [0.717, 1.165) is 22.7 Å². The summed E-state index contributed by atoms with van der Waals surface area (Å²) >= 11 is 0. The van der Waals surface area contributed by atoms with E-state index >= 15 is 0 Å². The predicted molar refractivity (Wildman–Crippen MR) is 324 cm³/mol. The van der Waals surface area contributed by atoms with E-state index in [-0.39, 0.29) is 0 Å². The van der Waals surface area contributed by atoms with Gasteiger partial charge < -0.3 is 18.6 Å². The van der Waals surface area contributed by atoms with Crippen molar-refractivity contribution in [1.29, 1.82) is 0 Å². The van der Waals surface area contributed by atoms with E-state index in [4.69, 9.17) is 0 Å². The maximum absolute atomic E-state index is 2.62. The number of hydrogen-bond acceptors (Lipinski definition) is 2. The predicted octanol–water partition coefficient (Wildman–Crippen LogP) is 20.1. The second-order valence-electron chi connectivity index (χ2n) is 21.3. The van der Waals surface area contributed by atoms with Gasteiger partial charge in [0.25, 0.3) is 0 Å². The first-order chi connectivity index (χ1) is 37.2. The number of hydrogen-bond donors (Lipinski definition) is 0. The highest BCUT2D eigenvalue weighted by Crippen LogP contribution is 2.55. The monoisotopic (exact) mass is 974 g/mol. The number of para-hydroxylation sites is 4. The summed E-state index contributed by atoms with van der Waals surface area (Å²) in [5, 5.41) is 10.0. The first-order valence-corrected chi connectivity index (χ1v) is 26.6. The van der Waals surface area contributed by atoms with E-state index in [2.05, 4.69) is 279 Å². The normalized spacial score (nSPS) is 12.1. The van der Waals surface area contributed by atoms with Gasteiger partial charge in [-0.15, -0.1) is 0 Å². The van der Waals surface area contributed by atoms with Crippen molar-refractivity contribution in [3.8, 4) is 22.3 Å². The highest BCUT2D eigenvalue weighted by Gasteiger charge is 2.31. The highest BCUT2D eigenvalue weighted by molar-refractivity contribution is 6.38. The van der Waals surface area contributed by atoms with Crippen LogP contribution < -0.4 is 9.80 Å². The lowest BCUT2D eigenvalue weighted by atomic mass is 9.89. The SMILES string of the molecule is Cc1cc(C)cc(N(c2ccc3c(c2)c2cccc4c5c(-c6ccccc6)c6c(c(-c7ccccc7)c5n3c24)c2cccc3c4cc(N(c5cc(C)cc(C)c5)c5ccccc5C)ccc4n6c32)c2ccccc2C)c1. The zero-order chi connectivity index (χ0) is 51.1. The molecule has 0 saturated carbocycles. The topological polar surface area (TPSA) is 15.3 Å². The van der Waals surface area contributed by atoms with Crippen molar-refractivity contribution in [1.82, 2.24) is 8.80 Å². The van der Waals surface area contributed by atoms with Gasteiger partial charge in [0, 0.05) is 88.3 Å². The summed E-state index contributed by atoms with van der Waals surface area (Å²) in [6.45, 7) is 13.2. The molecule has 4 nitrogen and oxygen atoms in total. The molecular formula is C72H54N4. The van der Waals surface area contributed by atoms with E-state index in [1.165, 1.54) is 143 Å². The summed E-state index contributed by atoms with van der Waals surface area (Å²) in [7, 11) is 0. The lowest BCUT2D eigenvalue weighted by Crippen LogP contribution is -2.11. The molecule has 76 heavy (non-hydrogen) atoms. The van der Waals surface area contributed by atoms with Crippen LogP contribution in [0.2, 0.25) is 0 Å². The maximum Gasteiger partial charge on any atom is 0.0634 e. The van der Waals surface area contributed by atoms with Gasteiger partial charge in [-0.3, -0.25) is 0 Å². The van der Waals surface area contributed by atoms with Crippen molar-refractivity contribution in [2.45, 2.75) is 41.5 Å². The average Bonchev–Trinajstić information content (AvgIpc) is 4.22. The van der Waals surface area contributed by atoms with Gasteiger partial charge in [0.05, 0.1) is 33.1 Å². The summed E-state index contributed by atoms with van der Waals surface area (Å²) < 4.78 is 5.24. The molecule has 0 amide bonds. The van der Waals surface area contributed by atoms with Crippen LogP contribution in [0.3, 0.4) is 0 Å². The smallest absolute Gasteiger partial charge is 0.0634 e. The molecule has 0 N–H and O–H groups in total. The number of rotatable bonds is 8. The van der Waals surface area contributed by atoms with Crippen molar-refractivity contribution in [2.24, 2.45) is 0 Å². The summed E-state index contributed by atoms with van der Waals surface area (Å²) in [5.41, 5.74) is 26.7. The van der Waals surface area contributed by atoms with Crippen LogP contribution in [-0.2, 0) is 0 Å². The van der Waals surface area contributed by atoms with Gasteiger partial charge in [-0.1, -0.05) is 146 Å². The van der Waals surface area contributed by atoms with Gasteiger partial charge in [0.1, 0.15) is 0 Å². The van der Waals surface area contributed by atoms with Crippen LogP contribution in [0.5, 0.6) is 0 Å². The summed E-state index contributed by atoms with van der Waals surface area (Å²) in [6.07, 6.45) is 0. The zero-order valence-corrected chi connectivity index (χ0v) is 43.6. The fourth-order valence-electron chi connectivity index (χ4n) is 13.4. The van der Waals surface area contributed by atoms with Crippen LogP contribution in [0.15, 0.2) is 218 Å². The zero-order valence-electron chi connectivity index (χ0n) is 43.6. The van der Waals surface area contributed by atoms with E-state index in [9.17, 15) is 0 Å². The van der Waals surface area contributed by atoms with Gasteiger partial charge in [0.15, 0.2) is 0 Å². The molecule has 0 atom stereocenters. The Morgan fingerprint density at radius 3 is 1.04 bits per heavy atom. The number of anilines is 6. The molecule has 15 rings (SSSR count). The molecule has 4 aromatic heterocycles. The molecule has 0 aliphatic carbocycles. The summed E-state index contributed by atoms with van der Waals surface area (Å²) in [5.74, 6) is 0. The van der Waals surface area contributed by atoms with Crippen LogP contribution in [0.25, 0.3) is 98.4 Å². The third-order valence-electron chi connectivity index (χ3n) is 16.3. The minimum Gasteiger partial charge on any atom is -0.310 e. The minimum atomic E-state index is 1.14. The second-order valence-corrected chi connectivity index (χ2v) is 21.3. The van der Waals surface area contributed by atoms with Crippen molar-refractivity contribution < 1.29 is 0 Å². The van der Waals surface area contributed by atoms with Gasteiger partial charge in [-0.05, 0) is 159 Å². The van der Waals surface area contributed by atoms with Crippen molar-refractivity contribution >= 4 is 110 Å². The van der Waals surface area contributed by atoms with E-state index < -0.39 is 0 Å². The Kier molecular flexibility index (Phi) is 9.62. The van der Waals surface area contributed by atoms with Crippen LogP contribution >= 0.6 is 0 Å². The average molecular weight is 975 g/mol. The molecular weight excluding hydrogens is 921 g/mol. The maximum atomic E-state index is 2.62. The van der Waals surface area contributed by atoms with Crippen LogP contribution in [0.1, 0.15) is 33.4 Å². The molecule has 0 bridgehead atoms. The van der Waals surface area contributed by atoms with Crippen LogP contribution in [0.4, 0.5) is 34.1 Å².